The van der Waals surface area contributed by atoms with Crippen LogP contribution in [0.5, 0.6) is 0 Å². The summed E-state index contributed by atoms with van der Waals surface area (Å²) in [5.41, 5.74) is 10.7. The molecule has 0 aliphatic carbocycles. The average molecular weight is 699 g/mol. The lowest BCUT2D eigenvalue weighted by Gasteiger charge is -2.47. The smallest absolute Gasteiger partial charge is 0.413 e. The second-order valence-corrected chi connectivity index (χ2v) is 13.9. The Hall–Kier alpha value is -4.44. The summed E-state index contributed by atoms with van der Waals surface area (Å²) in [6.45, 7) is 9.36. The van der Waals surface area contributed by atoms with Crippen molar-refractivity contribution in [2.75, 3.05) is 13.2 Å². The predicted molar refractivity (Wildman–Crippen MR) is 189 cm³/mol. The van der Waals surface area contributed by atoms with Crippen LogP contribution in [0.2, 0.25) is 0 Å². The molecule has 3 aromatic rings. The Morgan fingerprint density at radius 1 is 0.922 bits per heavy atom. The van der Waals surface area contributed by atoms with Crippen molar-refractivity contribution in [3.8, 4) is 11.8 Å². The molecule has 12 heteroatoms. The standard InChI is InChI=1S/C39H46N4O8/c1-37(2,3)51-36(44)43-31(26-49-38(43,4)5)21-22-39(45)35(41-42-40)34(48-25-30-19-13-8-14-20-30)33(47-24-29-17-11-7-12-18-29)32(50-39)27-46-23-28-15-9-6-10-16-28/h6-20,31-35,45H,23-27H2,1-5H3/t31-,32+,33+,34-,35+,39?/m0/s1. The fourth-order valence-electron chi connectivity index (χ4n) is 5.96. The van der Waals surface area contributed by atoms with E-state index in [9.17, 15) is 15.4 Å². The number of rotatable bonds is 11. The van der Waals surface area contributed by atoms with Gasteiger partial charge in [0.1, 0.15) is 41.7 Å². The van der Waals surface area contributed by atoms with Crippen molar-refractivity contribution in [3.05, 3.63) is 118 Å². The maximum absolute atomic E-state index is 13.3. The van der Waals surface area contributed by atoms with Gasteiger partial charge in [-0.1, -0.05) is 102 Å². The third-order valence-electron chi connectivity index (χ3n) is 8.37. The Morgan fingerprint density at radius 2 is 1.45 bits per heavy atom. The largest absolute Gasteiger partial charge is 0.444 e. The topological polar surface area (TPSA) is 145 Å². The molecule has 1 unspecified atom stereocenters. The molecule has 1 amide bonds. The third kappa shape index (κ3) is 10.1. The highest BCUT2D eigenvalue weighted by atomic mass is 16.7. The SMILES string of the molecule is CC(C)(C)OC(=O)N1[C@@H](C#CC2(O)O[C@H](COCc3ccccc3)[C@@H](OCc3ccccc3)[C@H](OCc3ccccc3)[C@H]2N=[N+]=[N-])COC1(C)C. The lowest BCUT2D eigenvalue weighted by atomic mass is 9.90. The average Bonchev–Trinajstić information content (AvgIpc) is 3.41. The lowest BCUT2D eigenvalue weighted by molar-refractivity contribution is -0.304. The van der Waals surface area contributed by atoms with E-state index in [1.807, 2.05) is 91.0 Å². The van der Waals surface area contributed by atoms with Crippen LogP contribution in [0.15, 0.2) is 96.1 Å². The minimum atomic E-state index is -2.38. The van der Waals surface area contributed by atoms with Crippen LogP contribution in [0.25, 0.3) is 10.4 Å². The zero-order valence-corrected chi connectivity index (χ0v) is 29.7. The van der Waals surface area contributed by atoms with Crippen molar-refractivity contribution in [2.45, 2.75) is 102 Å². The molecule has 3 aromatic carbocycles. The molecule has 270 valence electrons. The number of ether oxygens (including phenoxy) is 6. The summed E-state index contributed by atoms with van der Waals surface area (Å²) in [7, 11) is 0. The van der Waals surface area contributed by atoms with Gasteiger partial charge in [0.2, 0.25) is 5.79 Å². The molecule has 2 saturated heterocycles. The molecule has 0 aromatic heterocycles. The molecular formula is C39H46N4O8. The van der Waals surface area contributed by atoms with Crippen LogP contribution < -0.4 is 0 Å². The van der Waals surface area contributed by atoms with Crippen LogP contribution in [-0.4, -0.2) is 76.8 Å². The second-order valence-electron chi connectivity index (χ2n) is 13.9. The first-order valence-electron chi connectivity index (χ1n) is 16.9. The zero-order chi connectivity index (χ0) is 36.5. The van der Waals surface area contributed by atoms with Crippen LogP contribution in [0, 0.1) is 11.8 Å². The number of benzene rings is 3. The lowest BCUT2D eigenvalue weighted by Crippen LogP contribution is -2.65. The van der Waals surface area contributed by atoms with Gasteiger partial charge in [0.25, 0.3) is 0 Å². The normalized spacial score (nSPS) is 25.7. The molecule has 0 spiro atoms. The van der Waals surface area contributed by atoms with Crippen molar-refractivity contribution in [3.63, 3.8) is 0 Å². The fourth-order valence-corrected chi connectivity index (χ4v) is 5.96. The van der Waals surface area contributed by atoms with E-state index in [0.717, 1.165) is 16.7 Å². The second kappa shape index (κ2) is 16.7. The van der Waals surface area contributed by atoms with Gasteiger partial charge in [-0.25, -0.2) is 4.79 Å². The van der Waals surface area contributed by atoms with Crippen LogP contribution in [0.3, 0.4) is 0 Å². The summed E-state index contributed by atoms with van der Waals surface area (Å²) in [6.07, 6.45) is -3.46. The Labute approximate surface area is 299 Å². The minimum absolute atomic E-state index is 0.0177. The molecule has 2 aliphatic heterocycles. The zero-order valence-electron chi connectivity index (χ0n) is 29.7. The quantitative estimate of drug-likeness (QED) is 0.103. The van der Waals surface area contributed by atoms with Gasteiger partial charge in [-0.15, -0.1) is 0 Å². The van der Waals surface area contributed by atoms with E-state index in [1.54, 1.807) is 34.6 Å². The van der Waals surface area contributed by atoms with E-state index in [-0.39, 0.29) is 33.0 Å². The Bertz CT molecular complexity index is 1690. The van der Waals surface area contributed by atoms with Crippen molar-refractivity contribution in [1.29, 1.82) is 0 Å². The molecule has 2 fully saturated rings. The number of hydrogen-bond donors (Lipinski definition) is 1. The van der Waals surface area contributed by atoms with Gasteiger partial charge in [-0.05, 0) is 62.8 Å². The molecule has 0 saturated carbocycles. The van der Waals surface area contributed by atoms with Crippen molar-refractivity contribution in [1.82, 2.24) is 4.90 Å². The molecule has 12 nitrogen and oxygen atoms in total. The first-order chi connectivity index (χ1) is 24.4. The molecule has 2 heterocycles. The summed E-state index contributed by atoms with van der Waals surface area (Å²) in [5, 5.41) is 16.3. The van der Waals surface area contributed by atoms with Crippen molar-refractivity contribution in [2.24, 2.45) is 5.11 Å². The number of azide groups is 1. The van der Waals surface area contributed by atoms with Crippen LogP contribution in [-0.2, 0) is 48.2 Å². The summed E-state index contributed by atoms with van der Waals surface area (Å²) >= 11 is 0. The van der Waals surface area contributed by atoms with Gasteiger partial charge in [-0.2, -0.15) is 0 Å². The van der Waals surface area contributed by atoms with Gasteiger partial charge in [0.15, 0.2) is 0 Å². The van der Waals surface area contributed by atoms with Crippen molar-refractivity contribution >= 4 is 6.09 Å². The van der Waals surface area contributed by atoms with E-state index < -0.39 is 53.6 Å². The molecule has 5 rings (SSSR count). The molecule has 0 bridgehead atoms. The number of carbonyl (C=O) groups is 1. The number of hydrogen-bond acceptors (Lipinski definition) is 9. The highest BCUT2D eigenvalue weighted by Gasteiger charge is 2.55. The molecule has 2 aliphatic rings. The number of amides is 1. The predicted octanol–water partition coefficient (Wildman–Crippen LogP) is 6.52. The van der Waals surface area contributed by atoms with Gasteiger partial charge >= 0.3 is 6.09 Å². The van der Waals surface area contributed by atoms with Gasteiger partial charge in [0, 0.05) is 4.91 Å². The molecule has 6 atom stereocenters. The maximum atomic E-state index is 13.3. The number of carbonyl (C=O) groups excluding carboxylic acids is 1. The fraction of sp³-hybridized carbons (Fsp3) is 0.462. The molecule has 1 N–H and O–H groups in total. The van der Waals surface area contributed by atoms with E-state index in [4.69, 9.17) is 28.4 Å². The Kier molecular flexibility index (Phi) is 12.4. The maximum Gasteiger partial charge on any atom is 0.413 e. The minimum Gasteiger partial charge on any atom is -0.444 e. The van der Waals surface area contributed by atoms with Gasteiger partial charge < -0.3 is 33.5 Å². The summed E-state index contributed by atoms with van der Waals surface area (Å²) in [6, 6.07) is 26.5. The van der Waals surface area contributed by atoms with E-state index in [2.05, 4.69) is 21.9 Å². The number of aliphatic hydroxyl groups is 1. The van der Waals surface area contributed by atoms with Crippen LogP contribution in [0.1, 0.15) is 51.3 Å². The first kappa shape index (κ1) is 37.8. The number of nitrogens with zero attached hydrogens (tertiary/aromatic N) is 4. The summed E-state index contributed by atoms with van der Waals surface area (Å²) < 4.78 is 37.0. The van der Waals surface area contributed by atoms with Gasteiger partial charge in [0.05, 0.1) is 33.0 Å². The Balaban J connectivity index is 1.51. The highest BCUT2D eigenvalue weighted by molar-refractivity contribution is 5.70. The summed E-state index contributed by atoms with van der Waals surface area (Å²) in [5.74, 6) is 3.41. The highest BCUT2D eigenvalue weighted by Crippen LogP contribution is 2.36. The van der Waals surface area contributed by atoms with Crippen LogP contribution in [0.4, 0.5) is 4.79 Å². The van der Waals surface area contributed by atoms with Crippen LogP contribution >= 0.6 is 0 Å². The first-order valence-corrected chi connectivity index (χ1v) is 16.9. The van der Waals surface area contributed by atoms with E-state index in [1.165, 1.54) is 4.90 Å². The van der Waals surface area contributed by atoms with E-state index >= 15 is 0 Å². The van der Waals surface area contributed by atoms with E-state index in [0.29, 0.717) is 0 Å². The molecular weight excluding hydrogens is 652 g/mol. The summed E-state index contributed by atoms with van der Waals surface area (Å²) in [4.78, 5) is 17.8. The molecule has 51 heavy (non-hydrogen) atoms. The van der Waals surface area contributed by atoms with Gasteiger partial charge in [-0.3, -0.25) is 4.90 Å². The Morgan fingerprint density at radius 3 is 1.98 bits per heavy atom. The van der Waals surface area contributed by atoms with Crippen molar-refractivity contribution < 1.29 is 38.3 Å². The monoisotopic (exact) mass is 698 g/mol. The third-order valence-corrected chi connectivity index (χ3v) is 8.37. The molecule has 0 radical (unpaired) electrons.